The van der Waals surface area contributed by atoms with E-state index in [0.29, 0.717) is 12.5 Å². The molecule has 92 valence electrons. The quantitative estimate of drug-likeness (QED) is 0.592. The summed E-state index contributed by atoms with van der Waals surface area (Å²) < 4.78 is 5.37. The van der Waals surface area contributed by atoms with E-state index < -0.39 is 5.60 Å². The van der Waals surface area contributed by atoms with Crippen molar-refractivity contribution in [3.63, 3.8) is 0 Å². The zero-order valence-corrected chi connectivity index (χ0v) is 10.8. The van der Waals surface area contributed by atoms with Crippen LogP contribution in [-0.4, -0.2) is 29.7 Å². The van der Waals surface area contributed by atoms with Crippen molar-refractivity contribution < 1.29 is 9.53 Å². The number of rotatable bonds is 0. The Labute approximate surface area is 98.5 Å². The summed E-state index contributed by atoms with van der Waals surface area (Å²) >= 11 is 0. The largest absolute Gasteiger partial charge is 0.444 e. The summed E-state index contributed by atoms with van der Waals surface area (Å²) in [7, 11) is 0. The highest BCUT2D eigenvalue weighted by Gasteiger charge is 2.23. The minimum Gasteiger partial charge on any atom is -0.444 e. The predicted octanol–water partition coefficient (Wildman–Crippen LogP) is 3.21. The number of nitrogens with zero attached hydrogens (tertiary/aromatic N) is 1. The zero-order valence-electron chi connectivity index (χ0n) is 10.8. The van der Waals surface area contributed by atoms with Crippen molar-refractivity contribution >= 4 is 6.09 Å². The van der Waals surface area contributed by atoms with Gasteiger partial charge >= 0.3 is 6.09 Å². The van der Waals surface area contributed by atoms with Gasteiger partial charge < -0.3 is 9.64 Å². The van der Waals surface area contributed by atoms with E-state index >= 15 is 0 Å². The van der Waals surface area contributed by atoms with E-state index in [0.717, 1.165) is 19.4 Å². The van der Waals surface area contributed by atoms with Crippen LogP contribution in [0.5, 0.6) is 0 Å². The SMILES string of the molecule is C[C@H]1CC/C=C\CN(C(=O)OC(C)(C)C)C1. The van der Waals surface area contributed by atoms with Gasteiger partial charge in [0.05, 0.1) is 0 Å². The molecule has 16 heavy (non-hydrogen) atoms. The predicted molar refractivity (Wildman–Crippen MR) is 65.3 cm³/mol. The summed E-state index contributed by atoms with van der Waals surface area (Å²) in [6, 6.07) is 0. The molecule has 1 rings (SSSR count). The Morgan fingerprint density at radius 2 is 2.06 bits per heavy atom. The maximum Gasteiger partial charge on any atom is 0.410 e. The summed E-state index contributed by atoms with van der Waals surface area (Å²) in [6.07, 6.45) is 6.24. The Kier molecular flexibility index (Phi) is 4.39. The zero-order chi connectivity index (χ0) is 12.2. The number of ether oxygens (including phenoxy) is 1. The maximum atomic E-state index is 11.9. The van der Waals surface area contributed by atoms with Gasteiger partial charge in [0, 0.05) is 13.1 Å². The van der Waals surface area contributed by atoms with Crippen molar-refractivity contribution in [2.24, 2.45) is 5.92 Å². The van der Waals surface area contributed by atoms with Crippen LogP contribution in [0.1, 0.15) is 40.5 Å². The topological polar surface area (TPSA) is 29.5 Å². The molecule has 0 aromatic heterocycles. The van der Waals surface area contributed by atoms with Gasteiger partial charge in [0.15, 0.2) is 0 Å². The van der Waals surface area contributed by atoms with E-state index in [1.54, 1.807) is 4.90 Å². The van der Waals surface area contributed by atoms with E-state index in [1.165, 1.54) is 0 Å². The average molecular weight is 225 g/mol. The molecule has 0 unspecified atom stereocenters. The average Bonchev–Trinajstić information content (AvgIpc) is 2.07. The number of hydrogen-bond donors (Lipinski definition) is 0. The second-order valence-electron chi connectivity index (χ2n) is 5.54. The van der Waals surface area contributed by atoms with Crippen LogP contribution in [0.3, 0.4) is 0 Å². The Hall–Kier alpha value is -0.990. The van der Waals surface area contributed by atoms with Crippen LogP contribution in [0.4, 0.5) is 4.79 Å². The number of hydrogen-bond acceptors (Lipinski definition) is 2. The second-order valence-corrected chi connectivity index (χ2v) is 5.54. The van der Waals surface area contributed by atoms with Gasteiger partial charge in [-0.25, -0.2) is 4.79 Å². The molecular formula is C13H23NO2. The van der Waals surface area contributed by atoms with Crippen LogP contribution >= 0.6 is 0 Å². The highest BCUT2D eigenvalue weighted by atomic mass is 16.6. The van der Waals surface area contributed by atoms with E-state index in [1.807, 2.05) is 20.8 Å². The Morgan fingerprint density at radius 3 is 2.69 bits per heavy atom. The molecule has 0 bridgehead atoms. The van der Waals surface area contributed by atoms with E-state index in [2.05, 4.69) is 19.1 Å². The van der Waals surface area contributed by atoms with Gasteiger partial charge in [0.2, 0.25) is 0 Å². The lowest BCUT2D eigenvalue weighted by Crippen LogP contribution is -2.39. The fourth-order valence-corrected chi connectivity index (χ4v) is 1.72. The molecule has 1 heterocycles. The van der Waals surface area contributed by atoms with Crippen LogP contribution < -0.4 is 0 Å². The molecule has 0 saturated heterocycles. The van der Waals surface area contributed by atoms with Crippen molar-refractivity contribution in [1.29, 1.82) is 0 Å². The lowest BCUT2D eigenvalue weighted by molar-refractivity contribution is 0.0243. The van der Waals surface area contributed by atoms with Gasteiger partial charge in [0.1, 0.15) is 5.60 Å². The van der Waals surface area contributed by atoms with E-state index in [4.69, 9.17) is 4.74 Å². The fraction of sp³-hybridized carbons (Fsp3) is 0.769. The van der Waals surface area contributed by atoms with Crippen molar-refractivity contribution in [3.05, 3.63) is 12.2 Å². The molecule has 1 atom stereocenters. The normalized spacial score (nSPS) is 24.5. The van der Waals surface area contributed by atoms with Gasteiger partial charge in [-0.2, -0.15) is 0 Å². The summed E-state index contributed by atoms with van der Waals surface area (Å²) in [4.78, 5) is 13.7. The fourth-order valence-electron chi connectivity index (χ4n) is 1.72. The van der Waals surface area contributed by atoms with Crippen molar-refractivity contribution in [3.8, 4) is 0 Å². The first kappa shape index (κ1) is 13.1. The summed E-state index contributed by atoms with van der Waals surface area (Å²) in [5.41, 5.74) is -0.410. The third-order valence-corrected chi connectivity index (χ3v) is 2.50. The molecule has 0 saturated carbocycles. The Morgan fingerprint density at radius 1 is 1.38 bits per heavy atom. The molecule has 1 aliphatic heterocycles. The number of carbonyl (C=O) groups is 1. The van der Waals surface area contributed by atoms with Gasteiger partial charge in [0.25, 0.3) is 0 Å². The number of carbonyl (C=O) groups excluding carboxylic acids is 1. The van der Waals surface area contributed by atoms with E-state index in [-0.39, 0.29) is 6.09 Å². The van der Waals surface area contributed by atoms with Crippen LogP contribution in [0.15, 0.2) is 12.2 Å². The molecule has 3 heteroatoms. The highest BCUT2D eigenvalue weighted by Crippen LogP contribution is 2.15. The first-order valence-electron chi connectivity index (χ1n) is 6.01. The molecule has 1 aliphatic rings. The molecule has 0 aromatic rings. The molecule has 3 nitrogen and oxygen atoms in total. The van der Waals surface area contributed by atoms with Crippen LogP contribution in [-0.2, 0) is 4.74 Å². The molecule has 0 aromatic carbocycles. The van der Waals surface area contributed by atoms with Gasteiger partial charge in [-0.3, -0.25) is 0 Å². The van der Waals surface area contributed by atoms with E-state index in [9.17, 15) is 4.79 Å². The maximum absolute atomic E-state index is 11.9. The molecule has 0 fully saturated rings. The molecule has 0 aliphatic carbocycles. The van der Waals surface area contributed by atoms with Gasteiger partial charge in [-0.1, -0.05) is 19.1 Å². The number of amides is 1. The third-order valence-electron chi connectivity index (χ3n) is 2.50. The first-order valence-corrected chi connectivity index (χ1v) is 6.01. The first-order chi connectivity index (χ1) is 7.38. The van der Waals surface area contributed by atoms with Crippen LogP contribution in [0, 0.1) is 5.92 Å². The molecule has 0 radical (unpaired) electrons. The molecule has 0 spiro atoms. The minimum absolute atomic E-state index is 0.203. The summed E-state index contributed by atoms with van der Waals surface area (Å²) in [5.74, 6) is 0.539. The highest BCUT2D eigenvalue weighted by molar-refractivity contribution is 5.68. The number of allylic oxidation sites excluding steroid dienone is 1. The Bertz CT molecular complexity index is 266. The van der Waals surface area contributed by atoms with Crippen molar-refractivity contribution in [2.75, 3.05) is 13.1 Å². The lowest BCUT2D eigenvalue weighted by Gasteiger charge is -2.29. The van der Waals surface area contributed by atoms with Crippen LogP contribution in [0.25, 0.3) is 0 Å². The van der Waals surface area contributed by atoms with Crippen molar-refractivity contribution in [1.82, 2.24) is 4.90 Å². The van der Waals surface area contributed by atoms with Crippen LogP contribution in [0.2, 0.25) is 0 Å². The Balaban J connectivity index is 2.58. The lowest BCUT2D eigenvalue weighted by atomic mass is 10.0. The molecule has 1 amide bonds. The third kappa shape index (κ3) is 4.69. The minimum atomic E-state index is -0.410. The standard InChI is InChI=1S/C13H23NO2/c1-11-8-6-5-7-9-14(10-11)12(15)16-13(2,3)4/h5,7,11H,6,8-10H2,1-4H3/b7-5-/t11-/m0/s1. The molecule has 0 N–H and O–H groups in total. The monoisotopic (exact) mass is 225 g/mol. The smallest absolute Gasteiger partial charge is 0.410 e. The van der Waals surface area contributed by atoms with Crippen molar-refractivity contribution in [2.45, 2.75) is 46.1 Å². The summed E-state index contributed by atoms with van der Waals surface area (Å²) in [5, 5.41) is 0. The molecular weight excluding hydrogens is 202 g/mol. The van der Waals surface area contributed by atoms with Gasteiger partial charge in [-0.05, 0) is 39.5 Å². The second kappa shape index (κ2) is 5.37. The van der Waals surface area contributed by atoms with Gasteiger partial charge in [-0.15, -0.1) is 0 Å². The summed E-state index contributed by atoms with van der Waals surface area (Å²) in [6.45, 7) is 9.33.